The number of anilines is 1. The van der Waals surface area contributed by atoms with Crippen LogP contribution in [0.5, 0.6) is 0 Å². The van der Waals surface area contributed by atoms with Crippen molar-refractivity contribution in [1.82, 2.24) is 19.5 Å². The van der Waals surface area contributed by atoms with E-state index in [9.17, 15) is 4.79 Å². The average molecular weight is 226 g/mol. The summed E-state index contributed by atoms with van der Waals surface area (Å²) in [7, 11) is 0. The van der Waals surface area contributed by atoms with Gasteiger partial charge in [-0.1, -0.05) is 17.7 Å². The molecule has 78 valence electrons. The fourth-order valence-corrected chi connectivity index (χ4v) is 1.53. The minimum atomic E-state index is -0.313. The van der Waals surface area contributed by atoms with Gasteiger partial charge in [-0.2, -0.15) is 9.97 Å². The first kappa shape index (κ1) is 9.72. The van der Waals surface area contributed by atoms with E-state index in [1.807, 2.05) is 0 Å². The van der Waals surface area contributed by atoms with Crippen LogP contribution in [-0.2, 0) is 6.54 Å². The van der Waals surface area contributed by atoms with E-state index in [1.54, 1.807) is 6.08 Å². The monoisotopic (exact) mass is 225 g/mol. The summed E-state index contributed by atoms with van der Waals surface area (Å²) in [6, 6.07) is 0. The molecular weight excluding hydrogens is 218 g/mol. The van der Waals surface area contributed by atoms with Gasteiger partial charge in [-0.3, -0.25) is 4.57 Å². The van der Waals surface area contributed by atoms with Crippen molar-refractivity contribution >= 4 is 28.7 Å². The molecule has 0 amide bonds. The maximum Gasteiger partial charge on any atom is 0.328 e. The number of nitrogens with zero attached hydrogens (tertiary/aromatic N) is 3. The molecule has 0 aliphatic heterocycles. The zero-order valence-corrected chi connectivity index (χ0v) is 8.45. The van der Waals surface area contributed by atoms with E-state index in [2.05, 4.69) is 21.5 Å². The number of nitrogens with one attached hydrogen (secondary N) is 1. The van der Waals surface area contributed by atoms with Gasteiger partial charge in [0.2, 0.25) is 5.95 Å². The molecule has 0 saturated carbocycles. The Labute approximate surface area is 89.4 Å². The Morgan fingerprint density at radius 3 is 3.00 bits per heavy atom. The van der Waals surface area contributed by atoms with Crippen molar-refractivity contribution in [2.24, 2.45) is 0 Å². The quantitative estimate of drug-likeness (QED) is 0.577. The highest BCUT2D eigenvalue weighted by atomic mass is 35.5. The summed E-state index contributed by atoms with van der Waals surface area (Å²) in [4.78, 5) is 21.7. The number of imidazole rings is 1. The lowest BCUT2D eigenvalue weighted by atomic mass is 10.5. The summed E-state index contributed by atoms with van der Waals surface area (Å²) in [6.45, 7) is 3.89. The highest BCUT2D eigenvalue weighted by molar-refractivity contribution is 6.33. The van der Waals surface area contributed by atoms with E-state index in [0.717, 1.165) is 0 Å². The van der Waals surface area contributed by atoms with E-state index < -0.39 is 0 Å². The van der Waals surface area contributed by atoms with Gasteiger partial charge in [0, 0.05) is 6.54 Å². The van der Waals surface area contributed by atoms with Crippen LogP contribution in [0.4, 0.5) is 5.95 Å². The zero-order valence-electron chi connectivity index (χ0n) is 7.70. The Morgan fingerprint density at radius 2 is 2.33 bits per heavy atom. The number of halogens is 1. The molecule has 15 heavy (non-hydrogen) atoms. The van der Waals surface area contributed by atoms with Crippen molar-refractivity contribution in [3.63, 3.8) is 0 Å². The number of rotatable bonds is 2. The fraction of sp³-hybridized carbons (Fsp3) is 0.125. The fourth-order valence-electron chi connectivity index (χ4n) is 1.31. The molecule has 2 heterocycles. The molecule has 2 aromatic heterocycles. The molecular formula is C8H8ClN5O. The molecule has 0 aliphatic carbocycles. The Morgan fingerprint density at radius 1 is 1.60 bits per heavy atom. The van der Waals surface area contributed by atoms with E-state index in [-0.39, 0.29) is 16.8 Å². The van der Waals surface area contributed by atoms with Gasteiger partial charge in [-0.25, -0.2) is 4.79 Å². The van der Waals surface area contributed by atoms with Crippen molar-refractivity contribution < 1.29 is 0 Å². The molecule has 0 saturated heterocycles. The van der Waals surface area contributed by atoms with Gasteiger partial charge in [-0.15, -0.1) is 6.58 Å². The Balaban J connectivity index is 2.86. The second-order valence-corrected chi connectivity index (χ2v) is 3.26. The van der Waals surface area contributed by atoms with Crippen LogP contribution in [0.25, 0.3) is 11.2 Å². The number of hydrogen-bond donors (Lipinski definition) is 2. The molecule has 0 spiro atoms. The van der Waals surface area contributed by atoms with Crippen LogP contribution in [-0.4, -0.2) is 19.5 Å². The number of aromatic amines is 1. The van der Waals surface area contributed by atoms with Gasteiger partial charge in [0.1, 0.15) is 5.52 Å². The maximum absolute atomic E-state index is 11.5. The molecule has 3 N–H and O–H groups in total. The van der Waals surface area contributed by atoms with E-state index in [4.69, 9.17) is 17.3 Å². The normalized spacial score (nSPS) is 10.7. The molecule has 2 aromatic rings. The summed E-state index contributed by atoms with van der Waals surface area (Å²) < 4.78 is 1.38. The molecule has 0 aromatic carbocycles. The molecule has 0 aliphatic rings. The topological polar surface area (TPSA) is 89.6 Å². The number of H-pyrrole nitrogens is 1. The van der Waals surface area contributed by atoms with E-state index >= 15 is 0 Å². The average Bonchev–Trinajstić information content (AvgIpc) is 2.46. The van der Waals surface area contributed by atoms with Crippen LogP contribution >= 0.6 is 11.6 Å². The molecule has 6 nitrogen and oxygen atoms in total. The van der Waals surface area contributed by atoms with E-state index in [1.165, 1.54) is 4.57 Å². The minimum absolute atomic E-state index is 0.0318. The van der Waals surface area contributed by atoms with Crippen LogP contribution in [0.3, 0.4) is 0 Å². The largest absolute Gasteiger partial charge is 0.368 e. The summed E-state index contributed by atoms with van der Waals surface area (Å²) in [5.41, 5.74) is 5.90. The lowest BCUT2D eigenvalue weighted by molar-refractivity contribution is 0.799. The Bertz CT molecular complexity index is 584. The standard InChI is InChI=1S/C8H8ClN5O/c1-2-3-14-6-4(11-8(14)15)5(9)12-7(10)13-6/h2H,1,3H2,(H,11,15)(H2,10,12,13). The first-order chi connectivity index (χ1) is 7.13. The summed E-state index contributed by atoms with van der Waals surface area (Å²) >= 11 is 5.81. The first-order valence-corrected chi connectivity index (χ1v) is 4.53. The second kappa shape index (κ2) is 3.39. The molecule has 0 bridgehead atoms. The second-order valence-electron chi connectivity index (χ2n) is 2.90. The number of nitrogens with two attached hydrogens (primary N) is 1. The number of nitrogen functional groups attached to an aromatic ring is 1. The predicted molar refractivity (Wildman–Crippen MR) is 57.8 cm³/mol. The smallest absolute Gasteiger partial charge is 0.328 e. The van der Waals surface area contributed by atoms with Gasteiger partial charge >= 0.3 is 5.69 Å². The lowest BCUT2D eigenvalue weighted by Gasteiger charge is -1.98. The molecule has 0 fully saturated rings. The third kappa shape index (κ3) is 1.48. The van der Waals surface area contributed by atoms with Gasteiger partial charge in [0.15, 0.2) is 10.8 Å². The SMILES string of the molecule is C=CCn1c(=O)[nH]c2c(Cl)nc(N)nc21. The number of hydrogen-bond acceptors (Lipinski definition) is 4. The van der Waals surface area contributed by atoms with Crippen molar-refractivity contribution in [3.8, 4) is 0 Å². The minimum Gasteiger partial charge on any atom is -0.368 e. The summed E-state index contributed by atoms with van der Waals surface area (Å²) in [5.74, 6) is 0.0318. The number of allylic oxidation sites excluding steroid dienone is 1. The van der Waals surface area contributed by atoms with Crippen LogP contribution in [0.2, 0.25) is 5.15 Å². The van der Waals surface area contributed by atoms with Crippen molar-refractivity contribution in [2.45, 2.75) is 6.54 Å². The van der Waals surface area contributed by atoms with Crippen molar-refractivity contribution in [2.75, 3.05) is 5.73 Å². The third-order valence-electron chi connectivity index (χ3n) is 1.91. The predicted octanol–water partition coefficient (Wildman–Crippen LogP) is 0.541. The van der Waals surface area contributed by atoms with Gasteiger partial charge in [-0.05, 0) is 0 Å². The van der Waals surface area contributed by atoms with E-state index in [0.29, 0.717) is 17.7 Å². The molecule has 0 radical (unpaired) electrons. The van der Waals surface area contributed by atoms with Crippen LogP contribution in [0, 0.1) is 0 Å². The highest BCUT2D eigenvalue weighted by Crippen LogP contribution is 2.17. The molecule has 0 unspecified atom stereocenters. The molecule has 7 heteroatoms. The lowest BCUT2D eigenvalue weighted by Crippen LogP contribution is -2.16. The van der Waals surface area contributed by atoms with Crippen LogP contribution < -0.4 is 11.4 Å². The Hall–Kier alpha value is -1.82. The Kier molecular flexibility index (Phi) is 2.20. The summed E-state index contributed by atoms with van der Waals surface area (Å²) in [5, 5.41) is 0.136. The van der Waals surface area contributed by atoms with Crippen LogP contribution in [0.15, 0.2) is 17.4 Å². The molecule has 0 atom stereocenters. The number of aromatic nitrogens is 4. The van der Waals surface area contributed by atoms with Crippen molar-refractivity contribution in [1.29, 1.82) is 0 Å². The maximum atomic E-state index is 11.5. The van der Waals surface area contributed by atoms with Gasteiger partial charge < -0.3 is 10.7 Å². The zero-order chi connectivity index (χ0) is 11.0. The third-order valence-corrected chi connectivity index (χ3v) is 2.18. The molecule has 2 rings (SSSR count). The summed E-state index contributed by atoms with van der Waals surface area (Å²) in [6.07, 6.45) is 1.58. The van der Waals surface area contributed by atoms with Gasteiger partial charge in [0.05, 0.1) is 0 Å². The van der Waals surface area contributed by atoms with Gasteiger partial charge in [0.25, 0.3) is 0 Å². The van der Waals surface area contributed by atoms with Crippen molar-refractivity contribution in [3.05, 3.63) is 28.3 Å². The highest BCUT2D eigenvalue weighted by Gasteiger charge is 2.11. The first-order valence-electron chi connectivity index (χ1n) is 4.16. The van der Waals surface area contributed by atoms with Crippen LogP contribution in [0.1, 0.15) is 0 Å². The number of fused-ring (bicyclic) bond motifs is 1.